The normalized spacial score (nSPS) is 19.3. The Hall–Kier alpha value is -2.33. The highest BCUT2D eigenvalue weighted by atomic mass is 16.5. The Kier molecular flexibility index (Phi) is 6.19. The van der Waals surface area contributed by atoms with Crippen LogP contribution in [0.3, 0.4) is 0 Å². The molecule has 1 spiro atoms. The van der Waals surface area contributed by atoms with Crippen molar-refractivity contribution in [3.05, 3.63) is 65.7 Å². The van der Waals surface area contributed by atoms with Gasteiger partial charge in [-0.05, 0) is 69.3 Å². The number of hydrogen-bond acceptors (Lipinski definition) is 3. The van der Waals surface area contributed by atoms with Crippen molar-refractivity contribution in [2.75, 3.05) is 32.8 Å². The van der Waals surface area contributed by atoms with Gasteiger partial charge in [-0.2, -0.15) is 0 Å². The van der Waals surface area contributed by atoms with E-state index in [1.165, 1.54) is 18.4 Å². The van der Waals surface area contributed by atoms with Crippen molar-refractivity contribution >= 4 is 5.91 Å². The molecule has 4 heteroatoms. The molecule has 0 radical (unpaired) electrons. The topological polar surface area (TPSA) is 32.8 Å². The molecule has 2 aliphatic rings. The Morgan fingerprint density at radius 3 is 2.21 bits per heavy atom. The Balaban J connectivity index is 1.30. The van der Waals surface area contributed by atoms with Crippen molar-refractivity contribution in [3.8, 4) is 5.75 Å². The van der Waals surface area contributed by atoms with Crippen LogP contribution in [0.4, 0.5) is 0 Å². The van der Waals surface area contributed by atoms with Gasteiger partial charge < -0.3 is 9.64 Å². The predicted octanol–water partition coefficient (Wildman–Crippen LogP) is 4.60. The third kappa shape index (κ3) is 4.64. The first-order chi connectivity index (χ1) is 14.2. The number of likely N-dealkylation sites (tertiary alicyclic amines) is 2. The third-order valence-corrected chi connectivity index (χ3v) is 6.72. The summed E-state index contributed by atoms with van der Waals surface area (Å²) in [6, 6.07) is 18.1. The average molecular weight is 393 g/mol. The smallest absolute Gasteiger partial charge is 0.253 e. The van der Waals surface area contributed by atoms with Crippen molar-refractivity contribution in [1.82, 2.24) is 9.80 Å². The van der Waals surface area contributed by atoms with Gasteiger partial charge in [0.1, 0.15) is 5.75 Å². The van der Waals surface area contributed by atoms with Crippen molar-refractivity contribution in [2.45, 2.75) is 39.2 Å². The molecule has 154 valence electrons. The lowest BCUT2D eigenvalue weighted by Gasteiger charge is -2.47. The molecule has 0 bridgehead atoms. The largest absolute Gasteiger partial charge is 0.494 e. The second-order valence-corrected chi connectivity index (χ2v) is 8.48. The molecule has 0 aliphatic carbocycles. The monoisotopic (exact) mass is 392 g/mol. The summed E-state index contributed by atoms with van der Waals surface area (Å²) in [4.78, 5) is 17.3. The highest BCUT2D eigenvalue weighted by molar-refractivity contribution is 5.94. The lowest BCUT2D eigenvalue weighted by molar-refractivity contribution is 0.0283. The summed E-state index contributed by atoms with van der Waals surface area (Å²) < 4.78 is 5.79. The van der Waals surface area contributed by atoms with Crippen LogP contribution in [0, 0.1) is 5.41 Å². The molecule has 2 heterocycles. The van der Waals surface area contributed by atoms with E-state index >= 15 is 0 Å². The van der Waals surface area contributed by atoms with E-state index in [1.807, 2.05) is 48.2 Å². The van der Waals surface area contributed by atoms with Gasteiger partial charge in [0.05, 0.1) is 6.61 Å². The van der Waals surface area contributed by atoms with Crippen LogP contribution in [0.25, 0.3) is 0 Å². The molecule has 2 aromatic carbocycles. The molecule has 0 saturated carbocycles. The lowest BCUT2D eigenvalue weighted by Crippen LogP contribution is -2.48. The minimum absolute atomic E-state index is 0.186. The highest BCUT2D eigenvalue weighted by Gasteiger charge is 2.38. The van der Waals surface area contributed by atoms with E-state index in [2.05, 4.69) is 23.1 Å². The van der Waals surface area contributed by atoms with E-state index in [0.29, 0.717) is 12.0 Å². The fourth-order valence-electron chi connectivity index (χ4n) is 4.80. The molecule has 2 saturated heterocycles. The van der Waals surface area contributed by atoms with E-state index in [-0.39, 0.29) is 5.91 Å². The molecule has 4 rings (SSSR count). The maximum Gasteiger partial charge on any atom is 0.253 e. The SMILES string of the molecule is CCOc1ccccc1CN1CCC2(CC1)CCN(C(=O)c1ccccc1)CC2. The van der Waals surface area contributed by atoms with Gasteiger partial charge in [0.2, 0.25) is 0 Å². The molecular formula is C25H32N2O2. The van der Waals surface area contributed by atoms with Crippen LogP contribution in [0.5, 0.6) is 5.75 Å². The third-order valence-electron chi connectivity index (χ3n) is 6.72. The van der Waals surface area contributed by atoms with Gasteiger partial charge in [-0.25, -0.2) is 0 Å². The van der Waals surface area contributed by atoms with Crippen LogP contribution < -0.4 is 4.74 Å². The number of ether oxygens (including phenoxy) is 1. The second-order valence-electron chi connectivity index (χ2n) is 8.48. The quantitative estimate of drug-likeness (QED) is 0.745. The summed E-state index contributed by atoms with van der Waals surface area (Å²) >= 11 is 0. The number of benzene rings is 2. The number of para-hydroxylation sites is 1. The molecule has 2 aromatic rings. The predicted molar refractivity (Wildman–Crippen MR) is 116 cm³/mol. The molecule has 2 fully saturated rings. The molecule has 0 aromatic heterocycles. The zero-order chi connectivity index (χ0) is 20.1. The number of hydrogen-bond donors (Lipinski definition) is 0. The molecule has 0 N–H and O–H groups in total. The first-order valence-corrected chi connectivity index (χ1v) is 11.0. The average Bonchev–Trinajstić information content (AvgIpc) is 2.78. The van der Waals surface area contributed by atoms with Gasteiger partial charge in [0, 0.05) is 30.8 Å². The number of piperidine rings is 2. The number of amides is 1. The van der Waals surface area contributed by atoms with E-state index in [1.54, 1.807) is 0 Å². The van der Waals surface area contributed by atoms with Crippen molar-refractivity contribution in [2.24, 2.45) is 5.41 Å². The van der Waals surface area contributed by atoms with Crippen LogP contribution in [0.1, 0.15) is 48.5 Å². The first-order valence-electron chi connectivity index (χ1n) is 11.0. The number of carbonyl (C=O) groups is 1. The summed E-state index contributed by atoms with van der Waals surface area (Å²) in [5.41, 5.74) is 2.52. The molecule has 2 aliphatic heterocycles. The molecular weight excluding hydrogens is 360 g/mol. The fourth-order valence-corrected chi connectivity index (χ4v) is 4.80. The highest BCUT2D eigenvalue weighted by Crippen LogP contribution is 2.42. The minimum Gasteiger partial charge on any atom is -0.494 e. The van der Waals surface area contributed by atoms with Crippen molar-refractivity contribution < 1.29 is 9.53 Å². The Morgan fingerprint density at radius 2 is 1.52 bits per heavy atom. The summed E-state index contributed by atoms with van der Waals surface area (Å²) in [6.45, 7) is 7.75. The summed E-state index contributed by atoms with van der Waals surface area (Å²) in [5.74, 6) is 1.20. The van der Waals surface area contributed by atoms with Gasteiger partial charge >= 0.3 is 0 Å². The molecule has 29 heavy (non-hydrogen) atoms. The standard InChI is InChI=1S/C25H32N2O2/c1-2-29-23-11-7-6-10-22(23)20-26-16-12-25(13-17-26)14-18-27(19-15-25)24(28)21-8-4-3-5-9-21/h3-11H,2,12-20H2,1H3. The maximum atomic E-state index is 12.7. The van der Waals surface area contributed by atoms with Crippen molar-refractivity contribution in [1.29, 1.82) is 0 Å². The van der Waals surface area contributed by atoms with E-state index in [4.69, 9.17) is 4.74 Å². The Labute approximate surface area is 174 Å². The zero-order valence-corrected chi connectivity index (χ0v) is 17.5. The van der Waals surface area contributed by atoms with Gasteiger partial charge in [0.25, 0.3) is 5.91 Å². The minimum atomic E-state index is 0.186. The summed E-state index contributed by atoms with van der Waals surface area (Å²) in [6.07, 6.45) is 4.73. The first kappa shape index (κ1) is 20.0. The molecule has 0 atom stereocenters. The lowest BCUT2D eigenvalue weighted by atomic mass is 9.71. The van der Waals surface area contributed by atoms with Crippen LogP contribution in [-0.4, -0.2) is 48.5 Å². The molecule has 4 nitrogen and oxygen atoms in total. The van der Waals surface area contributed by atoms with Crippen LogP contribution in [-0.2, 0) is 6.54 Å². The van der Waals surface area contributed by atoms with Gasteiger partial charge in [-0.15, -0.1) is 0 Å². The van der Waals surface area contributed by atoms with Crippen LogP contribution >= 0.6 is 0 Å². The number of nitrogens with zero attached hydrogens (tertiary/aromatic N) is 2. The maximum absolute atomic E-state index is 12.7. The molecule has 0 unspecified atom stereocenters. The van der Waals surface area contributed by atoms with Crippen LogP contribution in [0.2, 0.25) is 0 Å². The summed E-state index contributed by atoms with van der Waals surface area (Å²) in [5, 5.41) is 0. The number of rotatable bonds is 5. The number of carbonyl (C=O) groups excluding carboxylic acids is 1. The second kappa shape index (κ2) is 9.00. The van der Waals surface area contributed by atoms with Crippen LogP contribution in [0.15, 0.2) is 54.6 Å². The Bertz CT molecular complexity index is 803. The van der Waals surface area contributed by atoms with Gasteiger partial charge in [-0.1, -0.05) is 36.4 Å². The zero-order valence-electron chi connectivity index (χ0n) is 17.5. The Morgan fingerprint density at radius 1 is 0.897 bits per heavy atom. The van der Waals surface area contributed by atoms with E-state index < -0.39 is 0 Å². The van der Waals surface area contributed by atoms with Gasteiger partial charge in [0.15, 0.2) is 0 Å². The van der Waals surface area contributed by atoms with Gasteiger partial charge in [-0.3, -0.25) is 9.69 Å². The fraction of sp³-hybridized carbons (Fsp3) is 0.480. The van der Waals surface area contributed by atoms with E-state index in [9.17, 15) is 4.79 Å². The van der Waals surface area contributed by atoms with E-state index in [0.717, 1.165) is 56.9 Å². The summed E-state index contributed by atoms with van der Waals surface area (Å²) in [7, 11) is 0. The van der Waals surface area contributed by atoms with Crippen molar-refractivity contribution in [3.63, 3.8) is 0 Å². The molecule has 1 amide bonds.